The second kappa shape index (κ2) is 8.65. The second-order valence-electron chi connectivity index (χ2n) is 5.71. The Balaban J connectivity index is 2.23. The lowest BCUT2D eigenvalue weighted by Crippen LogP contribution is -2.36. The molecule has 5 heteroatoms. The summed E-state index contributed by atoms with van der Waals surface area (Å²) in [7, 11) is 1.31. The van der Waals surface area contributed by atoms with Crippen molar-refractivity contribution < 1.29 is 14.3 Å². The molecule has 0 amide bonds. The van der Waals surface area contributed by atoms with Crippen LogP contribution >= 0.6 is 0 Å². The van der Waals surface area contributed by atoms with Crippen molar-refractivity contribution in [3.05, 3.63) is 65.7 Å². The van der Waals surface area contributed by atoms with Crippen molar-refractivity contribution in [3.63, 3.8) is 0 Å². The Bertz CT molecular complexity index is 764. The normalized spacial score (nSPS) is 11.2. The first-order valence-electron chi connectivity index (χ1n) is 7.91. The zero-order valence-electron chi connectivity index (χ0n) is 14.3. The van der Waals surface area contributed by atoms with Crippen LogP contribution in [0.15, 0.2) is 54.6 Å². The SMILES string of the molecule is COC(=O)CN(CC(=O)[C@H](C#N)c1ccccc1)c1ccc(C)cc1. The molecule has 0 aliphatic heterocycles. The minimum absolute atomic E-state index is 0.0503. The summed E-state index contributed by atoms with van der Waals surface area (Å²) >= 11 is 0. The van der Waals surface area contributed by atoms with Crippen LogP contribution in [0.5, 0.6) is 0 Å². The highest BCUT2D eigenvalue weighted by Gasteiger charge is 2.24. The highest BCUT2D eigenvalue weighted by Crippen LogP contribution is 2.20. The maximum absolute atomic E-state index is 12.7. The van der Waals surface area contributed by atoms with Crippen LogP contribution in [-0.2, 0) is 14.3 Å². The van der Waals surface area contributed by atoms with Gasteiger partial charge in [0.15, 0.2) is 5.78 Å². The van der Waals surface area contributed by atoms with Crippen LogP contribution in [0.1, 0.15) is 17.0 Å². The predicted octanol–water partition coefficient (Wildman–Crippen LogP) is 2.85. The van der Waals surface area contributed by atoms with Crippen molar-refractivity contribution in [2.75, 3.05) is 25.1 Å². The number of Topliss-reactive ketones (excluding diaryl/α,β-unsaturated/α-hetero) is 1. The number of nitrogens with zero attached hydrogens (tertiary/aromatic N) is 2. The molecule has 128 valence electrons. The lowest BCUT2D eigenvalue weighted by atomic mass is 9.95. The zero-order valence-corrected chi connectivity index (χ0v) is 14.3. The molecule has 0 aliphatic carbocycles. The van der Waals surface area contributed by atoms with Gasteiger partial charge in [0.1, 0.15) is 12.5 Å². The van der Waals surface area contributed by atoms with Gasteiger partial charge < -0.3 is 9.64 Å². The van der Waals surface area contributed by atoms with Gasteiger partial charge >= 0.3 is 5.97 Å². The number of nitriles is 1. The van der Waals surface area contributed by atoms with Crippen molar-refractivity contribution in [2.24, 2.45) is 0 Å². The summed E-state index contributed by atoms with van der Waals surface area (Å²) in [6.45, 7) is 1.85. The van der Waals surface area contributed by atoms with Gasteiger partial charge in [0, 0.05) is 5.69 Å². The van der Waals surface area contributed by atoms with Crippen LogP contribution in [0.2, 0.25) is 0 Å². The first kappa shape index (κ1) is 18.2. The third-order valence-corrected chi connectivity index (χ3v) is 3.88. The number of methoxy groups -OCH3 is 1. The topological polar surface area (TPSA) is 70.4 Å². The van der Waals surface area contributed by atoms with Gasteiger partial charge in [-0.25, -0.2) is 0 Å². The first-order chi connectivity index (χ1) is 12.0. The number of rotatable bonds is 7. The van der Waals surface area contributed by atoms with Gasteiger partial charge in [-0.3, -0.25) is 9.59 Å². The summed E-state index contributed by atoms with van der Waals surface area (Å²) in [5, 5.41) is 9.42. The molecule has 1 atom stereocenters. The molecule has 2 aromatic rings. The molecule has 0 saturated carbocycles. The summed E-state index contributed by atoms with van der Waals surface area (Å²) in [5.41, 5.74) is 2.46. The summed E-state index contributed by atoms with van der Waals surface area (Å²) in [6, 6.07) is 18.5. The minimum atomic E-state index is -0.869. The minimum Gasteiger partial charge on any atom is -0.468 e. The number of benzene rings is 2. The van der Waals surface area contributed by atoms with E-state index in [1.807, 2.05) is 37.3 Å². The predicted molar refractivity (Wildman–Crippen MR) is 95.2 cm³/mol. The van der Waals surface area contributed by atoms with E-state index in [2.05, 4.69) is 6.07 Å². The van der Waals surface area contributed by atoms with E-state index in [-0.39, 0.29) is 18.9 Å². The Morgan fingerprint density at radius 1 is 1.08 bits per heavy atom. The number of carbonyl (C=O) groups excluding carboxylic acids is 2. The highest BCUT2D eigenvalue weighted by molar-refractivity contribution is 5.93. The molecule has 0 bridgehead atoms. The first-order valence-corrected chi connectivity index (χ1v) is 7.91. The van der Waals surface area contributed by atoms with Crippen LogP contribution in [0.3, 0.4) is 0 Å². The number of ether oxygens (including phenoxy) is 1. The molecule has 2 aromatic carbocycles. The number of esters is 1. The Labute approximate surface area is 147 Å². The van der Waals surface area contributed by atoms with Gasteiger partial charge in [0.25, 0.3) is 0 Å². The third kappa shape index (κ3) is 4.92. The average molecular weight is 336 g/mol. The zero-order chi connectivity index (χ0) is 18.2. The van der Waals surface area contributed by atoms with Crippen molar-refractivity contribution in [3.8, 4) is 6.07 Å². The lowest BCUT2D eigenvalue weighted by molar-refractivity contribution is -0.138. The maximum atomic E-state index is 12.7. The van der Waals surface area contributed by atoms with Crippen molar-refractivity contribution >= 4 is 17.4 Å². The van der Waals surface area contributed by atoms with Gasteiger partial charge in [-0.1, -0.05) is 48.0 Å². The summed E-state index contributed by atoms with van der Waals surface area (Å²) in [4.78, 5) is 26.0. The Morgan fingerprint density at radius 3 is 2.28 bits per heavy atom. The summed E-state index contributed by atoms with van der Waals surface area (Å²) in [5.74, 6) is -1.58. The van der Waals surface area contributed by atoms with Crippen LogP contribution in [-0.4, -0.2) is 32.0 Å². The number of hydrogen-bond donors (Lipinski definition) is 0. The van der Waals surface area contributed by atoms with Gasteiger partial charge in [-0.2, -0.15) is 5.26 Å². The fourth-order valence-corrected chi connectivity index (χ4v) is 2.47. The molecule has 0 N–H and O–H groups in total. The van der Waals surface area contributed by atoms with Crippen molar-refractivity contribution in [1.82, 2.24) is 0 Å². The average Bonchev–Trinajstić information content (AvgIpc) is 2.63. The van der Waals surface area contributed by atoms with E-state index in [1.165, 1.54) is 7.11 Å². The highest BCUT2D eigenvalue weighted by atomic mass is 16.5. The lowest BCUT2D eigenvalue weighted by Gasteiger charge is -2.24. The van der Waals surface area contributed by atoms with E-state index in [9.17, 15) is 14.9 Å². The molecule has 0 aliphatic rings. The Hall–Kier alpha value is -3.13. The second-order valence-corrected chi connectivity index (χ2v) is 5.71. The number of carbonyl (C=O) groups is 2. The maximum Gasteiger partial charge on any atom is 0.325 e. The molecule has 0 unspecified atom stereocenters. The van der Waals surface area contributed by atoms with Gasteiger partial charge in [0.2, 0.25) is 0 Å². The van der Waals surface area contributed by atoms with Gasteiger partial charge in [-0.05, 0) is 24.6 Å². The largest absolute Gasteiger partial charge is 0.468 e. The van der Waals surface area contributed by atoms with E-state index < -0.39 is 11.9 Å². The van der Waals surface area contributed by atoms with Gasteiger partial charge in [0.05, 0.1) is 19.7 Å². The Kier molecular flexibility index (Phi) is 6.30. The molecule has 5 nitrogen and oxygen atoms in total. The standard InChI is InChI=1S/C20H20N2O3/c1-15-8-10-17(11-9-15)22(14-20(24)25-2)13-19(23)18(12-21)16-6-4-3-5-7-16/h3-11,18H,13-14H2,1-2H3/t18-/m1/s1. The number of aryl methyl sites for hydroxylation is 1. The van der Waals surface area contributed by atoms with E-state index in [0.29, 0.717) is 5.56 Å². The molecule has 0 radical (unpaired) electrons. The molecular formula is C20H20N2O3. The Morgan fingerprint density at radius 2 is 1.72 bits per heavy atom. The smallest absolute Gasteiger partial charge is 0.325 e. The molecule has 2 rings (SSSR count). The van der Waals surface area contributed by atoms with Crippen LogP contribution in [0, 0.1) is 18.3 Å². The molecule has 25 heavy (non-hydrogen) atoms. The molecule has 0 fully saturated rings. The van der Waals surface area contributed by atoms with Crippen LogP contribution in [0.25, 0.3) is 0 Å². The molecule has 0 aromatic heterocycles. The van der Waals surface area contributed by atoms with E-state index in [4.69, 9.17) is 4.74 Å². The van der Waals surface area contributed by atoms with E-state index in [1.54, 1.807) is 29.2 Å². The monoisotopic (exact) mass is 336 g/mol. The number of hydrogen-bond acceptors (Lipinski definition) is 5. The van der Waals surface area contributed by atoms with E-state index >= 15 is 0 Å². The molecule has 0 heterocycles. The van der Waals surface area contributed by atoms with E-state index in [0.717, 1.165) is 11.3 Å². The molecule has 0 spiro atoms. The van der Waals surface area contributed by atoms with Crippen molar-refractivity contribution in [1.29, 1.82) is 5.26 Å². The molecule has 0 saturated heterocycles. The fourth-order valence-electron chi connectivity index (χ4n) is 2.47. The quantitative estimate of drug-likeness (QED) is 0.727. The fraction of sp³-hybridized carbons (Fsp3) is 0.250. The molecular weight excluding hydrogens is 316 g/mol. The van der Waals surface area contributed by atoms with Crippen LogP contribution in [0.4, 0.5) is 5.69 Å². The van der Waals surface area contributed by atoms with Crippen molar-refractivity contribution in [2.45, 2.75) is 12.8 Å². The summed E-state index contributed by atoms with van der Waals surface area (Å²) in [6.07, 6.45) is 0. The van der Waals surface area contributed by atoms with Crippen LogP contribution < -0.4 is 4.90 Å². The van der Waals surface area contributed by atoms with Gasteiger partial charge in [-0.15, -0.1) is 0 Å². The number of anilines is 1. The third-order valence-electron chi connectivity index (χ3n) is 3.88. The number of ketones is 1. The summed E-state index contributed by atoms with van der Waals surface area (Å²) < 4.78 is 4.72.